The van der Waals surface area contributed by atoms with Crippen molar-refractivity contribution in [3.8, 4) is 11.5 Å². The van der Waals surface area contributed by atoms with Crippen LogP contribution in [0.3, 0.4) is 0 Å². The molecule has 2 aromatic rings. The van der Waals surface area contributed by atoms with Crippen LogP contribution in [0.1, 0.15) is 17.2 Å². The first kappa shape index (κ1) is 23.7. The van der Waals surface area contributed by atoms with E-state index in [1.807, 2.05) is 0 Å². The first-order valence-electron chi connectivity index (χ1n) is 11.0. The third-order valence-corrected chi connectivity index (χ3v) is 6.15. The smallest absolute Gasteiger partial charge is 0.295 e. The third-order valence-electron chi connectivity index (χ3n) is 6.15. The van der Waals surface area contributed by atoms with Crippen LogP contribution in [-0.4, -0.2) is 80.2 Å². The van der Waals surface area contributed by atoms with Crippen molar-refractivity contribution in [3.05, 3.63) is 65.0 Å². The number of hydrogen-bond donors (Lipinski definition) is 1. The molecular formula is C25H27FN2O6. The molecule has 9 heteroatoms. The Morgan fingerprint density at radius 1 is 1.06 bits per heavy atom. The molecule has 2 heterocycles. The number of aliphatic hydroxyl groups excluding tert-OH is 1. The second-order valence-corrected chi connectivity index (χ2v) is 8.04. The van der Waals surface area contributed by atoms with Crippen molar-refractivity contribution in [2.45, 2.75) is 6.04 Å². The van der Waals surface area contributed by atoms with Crippen LogP contribution >= 0.6 is 0 Å². The van der Waals surface area contributed by atoms with Crippen LogP contribution in [0.25, 0.3) is 5.76 Å². The number of para-hydroxylation sites is 1. The van der Waals surface area contributed by atoms with Crippen LogP contribution in [-0.2, 0) is 14.3 Å². The lowest BCUT2D eigenvalue weighted by Crippen LogP contribution is -2.42. The zero-order chi connectivity index (χ0) is 24.2. The van der Waals surface area contributed by atoms with Crippen molar-refractivity contribution in [2.24, 2.45) is 0 Å². The lowest BCUT2D eigenvalue weighted by molar-refractivity contribution is -0.140. The van der Waals surface area contributed by atoms with E-state index in [-0.39, 0.29) is 23.4 Å². The molecule has 2 saturated heterocycles. The number of nitrogens with zero attached hydrogens (tertiary/aromatic N) is 2. The Labute approximate surface area is 197 Å². The Kier molecular flexibility index (Phi) is 7.14. The molecule has 4 rings (SSSR count). The summed E-state index contributed by atoms with van der Waals surface area (Å²) in [5.74, 6) is -1.58. The van der Waals surface area contributed by atoms with Crippen molar-refractivity contribution >= 4 is 17.4 Å². The number of Topliss-reactive ketones (excluding diaryl/α,β-unsaturated/α-hetero) is 1. The minimum atomic E-state index is -0.906. The number of rotatable bonds is 7. The zero-order valence-electron chi connectivity index (χ0n) is 19.1. The summed E-state index contributed by atoms with van der Waals surface area (Å²) in [6.07, 6.45) is 0. The Balaban J connectivity index is 1.81. The van der Waals surface area contributed by atoms with Crippen LogP contribution < -0.4 is 9.47 Å². The average Bonchev–Trinajstić information content (AvgIpc) is 3.12. The predicted molar refractivity (Wildman–Crippen MR) is 122 cm³/mol. The Morgan fingerprint density at radius 2 is 1.76 bits per heavy atom. The van der Waals surface area contributed by atoms with Crippen LogP contribution in [0.5, 0.6) is 11.5 Å². The zero-order valence-corrected chi connectivity index (χ0v) is 19.1. The molecule has 2 aliphatic rings. The Hall–Kier alpha value is -3.43. The summed E-state index contributed by atoms with van der Waals surface area (Å²) >= 11 is 0. The summed E-state index contributed by atoms with van der Waals surface area (Å²) in [6, 6.07) is 9.37. The van der Waals surface area contributed by atoms with E-state index in [4.69, 9.17) is 14.2 Å². The fourth-order valence-corrected chi connectivity index (χ4v) is 4.40. The Morgan fingerprint density at radius 3 is 2.41 bits per heavy atom. The largest absolute Gasteiger partial charge is 0.507 e. The summed E-state index contributed by atoms with van der Waals surface area (Å²) in [5, 5.41) is 11.1. The number of benzene rings is 2. The maximum Gasteiger partial charge on any atom is 0.295 e. The lowest BCUT2D eigenvalue weighted by Gasteiger charge is -2.31. The van der Waals surface area contributed by atoms with Crippen molar-refractivity contribution in [1.82, 2.24) is 9.80 Å². The number of carbonyl (C=O) groups is 2. The van der Waals surface area contributed by atoms with E-state index in [0.29, 0.717) is 36.8 Å². The van der Waals surface area contributed by atoms with Gasteiger partial charge in [-0.1, -0.05) is 12.1 Å². The molecule has 1 N–H and O–H groups in total. The second kappa shape index (κ2) is 10.2. The third kappa shape index (κ3) is 4.49. The van der Waals surface area contributed by atoms with Crippen molar-refractivity contribution in [3.63, 3.8) is 0 Å². The minimum Gasteiger partial charge on any atom is -0.507 e. The first-order chi connectivity index (χ1) is 16.5. The number of halogens is 1. The predicted octanol–water partition coefficient (Wildman–Crippen LogP) is 2.60. The van der Waals surface area contributed by atoms with Gasteiger partial charge in [0, 0.05) is 37.3 Å². The van der Waals surface area contributed by atoms with Crippen LogP contribution in [0.4, 0.5) is 4.39 Å². The molecule has 0 spiro atoms. The summed E-state index contributed by atoms with van der Waals surface area (Å²) in [7, 11) is 2.97. The van der Waals surface area contributed by atoms with Gasteiger partial charge in [-0.15, -0.1) is 0 Å². The highest BCUT2D eigenvalue weighted by Gasteiger charge is 2.47. The molecule has 0 bridgehead atoms. The van der Waals surface area contributed by atoms with Crippen molar-refractivity contribution in [1.29, 1.82) is 0 Å². The van der Waals surface area contributed by atoms with E-state index in [1.165, 1.54) is 43.4 Å². The van der Waals surface area contributed by atoms with Crippen molar-refractivity contribution < 1.29 is 33.3 Å². The normalized spacial score (nSPS) is 20.6. The molecule has 0 saturated carbocycles. The molecule has 1 amide bonds. The first-order valence-corrected chi connectivity index (χ1v) is 11.0. The van der Waals surface area contributed by atoms with Gasteiger partial charge in [0.05, 0.1) is 39.0 Å². The molecule has 2 aliphatic heterocycles. The van der Waals surface area contributed by atoms with Gasteiger partial charge < -0.3 is 24.2 Å². The summed E-state index contributed by atoms with van der Waals surface area (Å²) in [4.78, 5) is 30.0. The number of ketones is 1. The molecule has 8 nitrogen and oxygen atoms in total. The number of methoxy groups -OCH3 is 2. The molecular weight excluding hydrogens is 443 g/mol. The molecule has 1 atom stereocenters. The van der Waals surface area contributed by atoms with Crippen LogP contribution in [0.2, 0.25) is 0 Å². The molecule has 2 fully saturated rings. The van der Waals surface area contributed by atoms with E-state index in [1.54, 1.807) is 18.2 Å². The van der Waals surface area contributed by atoms with E-state index >= 15 is 0 Å². The highest BCUT2D eigenvalue weighted by molar-refractivity contribution is 6.46. The van der Waals surface area contributed by atoms with Crippen LogP contribution in [0, 0.1) is 5.82 Å². The van der Waals surface area contributed by atoms with Gasteiger partial charge in [-0.25, -0.2) is 4.39 Å². The van der Waals surface area contributed by atoms with E-state index in [0.717, 1.165) is 13.1 Å². The van der Waals surface area contributed by atoms with Gasteiger partial charge in [-0.05, 0) is 30.3 Å². The summed E-state index contributed by atoms with van der Waals surface area (Å²) in [6.45, 7) is 3.47. The quantitative estimate of drug-likeness (QED) is 0.378. The summed E-state index contributed by atoms with van der Waals surface area (Å²) < 4.78 is 29.9. The minimum absolute atomic E-state index is 0.0786. The van der Waals surface area contributed by atoms with Crippen LogP contribution in [0.15, 0.2) is 48.0 Å². The molecule has 0 aliphatic carbocycles. The average molecular weight is 470 g/mol. The number of likely N-dealkylation sites (tertiary alicyclic amines) is 1. The SMILES string of the molecule is COc1cccc([C@H]2C(=C(O)c3ccc(F)cc3)C(=O)C(=O)N2CCN2CCOCC2)c1OC. The van der Waals surface area contributed by atoms with Gasteiger partial charge in [-0.3, -0.25) is 14.5 Å². The molecule has 0 aromatic heterocycles. The van der Waals surface area contributed by atoms with Gasteiger partial charge in [0.15, 0.2) is 11.5 Å². The number of morpholine rings is 1. The molecule has 34 heavy (non-hydrogen) atoms. The van der Waals surface area contributed by atoms with Gasteiger partial charge in [0.1, 0.15) is 11.6 Å². The number of aliphatic hydroxyl groups is 1. The molecule has 2 aromatic carbocycles. The van der Waals surface area contributed by atoms with Gasteiger partial charge in [0.25, 0.3) is 11.7 Å². The maximum atomic E-state index is 13.5. The van der Waals surface area contributed by atoms with Gasteiger partial charge in [-0.2, -0.15) is 0 Å². The van der Waals surface area contributed by atoms with Gasteiger partial charge in [0.2, 0.25) is 0 Å². The van der Waals surface area contributed by atoms with Gasteiger partial charge >= 0.3 is 0 Å². The topological polar surface area (TPSA) is 88.5 Å². The van der Waals surface area contributed by atoms with Crippen molar-refractivity contribution in [2.75, 3.05) is 53.6 Å². The maximum absolute atomic E-state index is 13.5. The molecule has 0 radical (unpaired) electrons. The number of amides is 1. The molecule has 180 valence electrons. The molecule has 0 unspecified atom stereocenters. The highest BCUT2D eigenvalue weighted by Crippen LogP contribution is 2.45. The van der Waals surface area contributed by atoms with E-state index in [9.17, 15) is 19.1 Å². The monoisotopic (exact) mass is 470 g/mol. The lowest BCUT2D eigenvalue weighted by atomic mass is 9.94. The number of hydrogen-bond acceptors (Lipinski definition) is 7. The number of ether oxygens (including phenoxy) is 3. The standard InChI is InChI=1S/C25H27FN2O6/c1-32-19-5-3-4-18(24(19)33-2)21-20(22(29)16-6-8-17(26)9-7-16)23(30)25(31)28(21)11-10-27-12-14-34-15-13-27/h3-9,21,29H,10-15H2,1-2H3/t21-/m0/s1. The van der Waals surface area contributed by atoms with E-state index < -0.39 is 23.5 Å². The number of carbonyl (C=O) groups excluding carboxylic acids is 2. The second-order valence-electron chi connectivity index (χ2n) is 8.04. The fraction of sp³-hybridized carbons (Fsp3) is 0.360. The fourth-order valence-electron chi connectivity index (χ4n) is 4.40. The summed E-state index contributed by atoms with van der Waals surface area (Å²) in [5.41, 5.74) is 0.663. The van der Waals surface area contributed by atoms with E-state index in [2.05, 4.69) is 4.90 Å². The highest BCUT2D eigenvalue weighted by atomic mass is 19.1. The Bertz CT molecular complexity index is 1100.